The van der Waals surface area contributed by atoms with Crippen LogP contribution in [0.4, 0.5) is 13.2 Å². The van der Waals surface area contributed by atoms with Gasteiger partial charge in [0.25, 0.3) is 0 Å². The normalized spacial score (nSPS) is 15.6. The fourth-order valence-electron chi connectivity index (χ4n) is 3.82. The lowest BCUT2D eigenvalue weighted by Crippen LogP contribution is -2.38. The van der Waals surface area contributed by atoms with Crippen LogP contribution in [0.3, 0.4) is 0 Å². The third-order valence-corrected chi connectivity index (χ3v) is 7.56. The third kappa shape index (κ3) is 6.71. The number of alkyl halides is 3. The van der Waals surface area contributed by atoms with Gasteiger partial charge in [-0.25, -0.2) is 8.42 Å². The molecule has 1 aliphatic rings. The Balaban J connectivity index is 1.44. The number of nitrogens with zero attached hydrogens (tertiary/aromatic N) is 3. The number of nitrogens with one attached hydrogen (secondary N) is 1. The van der Waals surface area contributed by atoms with Crippen LogP contribution in [0.15, 0.2) is 83.1 Å². The van der Waals surface area contributed by atoms with E-state index in [9.17, 15) is 21.6 Å². The van der Waals surface area contributed by atoms with Crippen LogP contribution in [0.25, 0.3) is 0 Å². The summed E-state index contributed by atoms with van der Waals surface area (Å²) in [5, 5.41) is 11.8. The first-order chi connectivity index (χ1) is 17.7. The molecule has 0 aliphatic carbocycles. The Morgan fingerprint density at radius 3 is 2.35 bits per heavy atom. The highest BCUT2D eigenvalue weighted by Gasteiger charge is 2.32. The van der Waals surface area contributed by atoms with Gasteiger partial charge in [-0.15, -0.1) is 13.2 Å². The summed E-state index contributed by atoms with van der Waals surface area (Å²) >= 11 is 0. The Labute approximate surface area is 211 Å². The molecule has 1 atom stereocenters. The van der Waals surface area contributed by atoms with Crippen molar-refractivity contribution < 1.29 is 31.2 Å². The van der Waals surface area contributed by atoms with Crippen LogP contribution in [0.2, 0.25) is 0 Å². The average molecular weight is 533 g/mol. The maximum absolute atomic E-state index is 13.0. The van der Waals surface area contributed by atoms with Crippen molar-refractivity contribution in [2.24, 2.45) is 5.16 Å². The monoisotopic (exact) mass is 532 g/mol. The smallest absolute Gasteiger partial charge is 0.406 e. The number of piperidine rings is 1. The van der Waals surface area contributed by atoms with E-state index in [0.29, 0.717) is 24.1 Å². The van der Waals surface area contributed by atoms with Gasteiger partial charge in [0.05, 0.1) is 10.6 Å². The van der Waals surface area contributed by atoms with Gasteiger partial charge in [-0.3, -0.25) is 4.98 Å². The van der Waals surface area contributed by atoms with Crippen LogP contribution < -0.4 is 4.74 Å². The minimum atomic E-state index is -4.86. The zero-order valence-electron chi connectivity index (χ0n) is 19.4. The molecule has 194 valence electrons. The summed E-state index contributed by atoms with van der Waals surface area (Å²) in [5.41, 5.74) is 2.94. The quantitative estimate of drug-likeness (QED) is 0.327. The second-order valence-corrected chi connectivity index (χ2v) is 10.1. The molecule has 12 heteroatoms. The second-order valence-electron chi connectivity index (χ2n) is 8.17. The van der Waals surface area contributed by atoms with Gasteiger partial charge in [0, 0.05) is 55.7 Å². The number of rotatable bonds is 8. The first-order valence-electron chi connectivity index (χ1n) is 11.2. The molecule has 1 unspecified atom stereocenters. The van der Waals surface area contributed by atoms with Gasteiger partial charge in [-0.2, -0.15) is 4.31 Å². The predicted molar refractivity (Wildman–Crippen MR) is 130 cm³/mol. The van der Waals surface area contributed by atoms with Crippen molar-refractivity contribution in [3.8, 4) is 5.75 Å². The Morgan fingerprint density at radius 2 is 1.73 bits per heavy atom. The summed E-state index contributed by atoms with van der Waals surface area (Å²) in [5.74, 6) is -0.494. The molecule has 4 rings (SSSR count). The molecule has 2 aromatic carbocycles. The van der Waals surface area contributed by atoms with Gasteiger partial charge in [-0.1, -0.05) is 29.4 Å². The van der Waals surface area contributed by atoms with Crippen LogP contribution in [-0.4, -0.2) is 49.1 Å². The predicted octanol–water partition coefficient (Wildman–Crippen LogP) is 4.92. The lowest BCUT2D eigenvalue weighted by molar-refractivity contribution is -0.274. The third-order valence-electron chi connectivity index (χ3n) is 5.65. The zero-order valence-corrected chi connectivity index (χ0v) is 20.2. The van der Waals surface area contributed by atoms with E-state index in [-0.39, 0.29) is 18.0 Å². The van der Waals surface area contributed by atoms with Gasteiger partial charge in [0.2, 0.25) is 10.0 Å². The van der Waals surface area contributed by atoms with Crippen molar-refractivity contribution in [2.75, 3.05) is 13.1 Å². The molecule has 8 nitrogen and oxygen atoms in total. The zero-order chi connectivity index (χ0) is 26.5. The van der Waals surface area contributed by atoms with E-state index < -0.39 is 28.2 Å². The minimum Gasteiger partial charge on any atom is -0.406 e. The van der Waals surface area contributed by atoms with Crippen molar-refractivity contribution in [1.82, 2.24) is 9.29 Å². The molecule has 0 saturated carbocycles. The lowest BCUT2D eigenvalue weighted by Gasteiger charge is -2.27. The Bertz CT molecular complexity index is 1350. The van der Waals surface area contributed by atoms with E-state index >= 15 is 0 Å². The molecule has 0 radical (unpaired) electrons. The Kier molecular flexibility index (Phi) is 7.89. The molecule has 2 heterocycles. The highest BCUT2D eigenvalue weighted by molar-refractivity contribution is 7.89. The SMILES string of the molecule is N=Cc1cccc(C(ON=C2CCN(S(=O)(=O)c3ccc(OC(F)(F)F)cc3)CC2)c2cccnc2)c1. The van der Waals surface area contributed by atoms with E-state index in [1.807, 2.05) is 24.3 Å². The number of oxime groups is 1. The summed E-state index contributed by atoms with van der Waals surface area (Å²) in [6.45, 7) is 0.290. The molecule has 0 spiro atoms. The van der Waals surface area contributed by atoms with Gasteiger partial charge < -0.3 is 15.0 Å². The fourth-order valence-corrected chi connectivity index (χ4v) is 5.26. The largest absolute Gasteiger partial charge is 0.573 e. The number of aromatic nitrogens is 1. The fraction of sp³-hybridized carbons (Fsp3) is 0.240. The average Bonchev–Trinajstić information content (AvgIpc) is 2.89. The highest BCUT2D eigenvalue weighted by Crippen LogP contribution is 2.28. The lowest BCUT2D eigenvalue weighted by atomic mass is 10.0. The van der Waals surface area contributed by atoms with E-state index in [1.54, 1.807) is 24.5 Å². The van der Waals surface area contributed by atoms with E-state index in [0.717, 1.165) is 35.4 Å². The molecule has 0 bridgehead atoms. The van der Waals surface area contributed by atoms with Crippen molar-refractivity contribution >= 4 is 21.9 Å². The van der Waals surface area contributed by atoms with Crippen LogP contribution >= 0.6 is 0 Å². The molecule has 0 amide bonds. The first-order valence-corrected chi connectivity index (χ1v) is 12.7. The van der Waals surface area contributed by atoms with Crippen molar-refractivity contribution in [3.63, 3.8) is 0 Å². The van der Waals surface area contributed by atoms with E-state index in [4.69, 9.17) is 10.2 Å². The topological polar surface area (TPSA) is 105 Å². The summed E-state index contributed by atoms with van der Waals surface area (Å²) in [6, 6.07) is 15.1. The van der Waals surface area contributed by atoms with Gasteiger partial charge >= 0.3 is 6.36 Å². The number of pyridine rings is 1. The molecule has 1 aliphatic heterocycles. The molecule has 1 aromatic heterocycles. The Morgan fingerprint density at radius 1 is 1.03 bits per heavy atom. The summed E-state index contributed by atoms with van der Waals surface area (Å²) in [7, 11) is -3.90. The molecule has 1 saturated heterocycles. The molecule has 3 aromatic rings. The van der Waals surface area contributed by atoms with Crippen LogP contribution in [0.1, 0.15) is 35.6 Å². The molecule has 1 fully saturated rings. The molecule has 37 heavy (non-hydrogen) atoms. The second kappa shape index (κ2) is 11.1. The van der Waals surface area contributed by atoms with Crippen LogP contribution in [0, 0.1) is 5.41 Å². The maximum atomic E-state index is 13.0. The number of halogens is 3. The van der Waals surface area contributed by atoms with Crippen molar-refractivity contribution in [2.45, 2.75) is 30.2 Å². The molecular formula is C25H23F3N4O4S. The van der Waals surface area contributed by atoms with Crippen molar-refractivity contribution in [3.05, 3.63) is 89.7 Å². The maximum Gasteiger partial charge on any atom is 0.573 e. The van der Waals surface area contributed by atoms with E-state index in [1.165, 1.54) is 10.5 Å². The van der Waals surface area contributed by atoms with Gasteiger partial charge in [-0.05, 0) is 42.0 Å². The van der Waals surface area contributed by atoms with Gasteiger partial charge in [0.1, 0.15) is 5.75 Å². The van der Waals surface area contributed by atoms with E-state index in [2.05, 4.69) is 14.9 Å². The Hall–Kier alpha value is -3.77. The molecular weight excluding hydrogens is 509 g/mol. The minimum absolute atomic E-state index is 0.124. The number of ether oxygens (including phenoxy) is 1. The summed E-state index contributed by atoms with van der Waals surface area (Å²) in [4.78, 5) is 9.93. The summed E-state index contributed by atoms with van der Waals surface area (Å²) < 4.78 is 68.1. The number of sulfonamides is 1. The number of benzene rings is 2. The standard InChI is InChI=1S/C25H23F3N4O4S/c26-25(27,28)35-22-6-8-23(9-7-22)37(33,34)32-13-10-21(11-14-32)31-36-24(20-5-2-12-30-17-20)19-4-1-3-18(15-19)16-29/h1-9,12,15-17,24,29H,10-11,13-14H2. The summed E-state index contributed by atoms with van der Waals surface area (Å²) in [6.07, 6.45) is -0.216. The van der Waals surface area contributed by atoms with Crippen LogP contribution in [0.5, 0.6) is 5.75 Å². The van der Waals surface area contributed by atoms with Crippen LogP contribution in [-0.2, 0) is 14.9 Å². The van der Waals surface area contributed by atoms with Crippen molar-refractivity contribution in [1.29, 1.82) is 5.41 Å². The first kappa shape index (κ1) is 26.3. The van der Waals surface area contributed by atoms with Gasteiger partial charge in [0.15, 0.2) is 6.10 Å². The highest BCUT2D eigenvalue weighted by atomic mass is 32.2. The number of hydrogen-bond donors (Lipinski definition) is 1. The number of hydrogen-bond acceptors (Lipinski definition) is 7. The molecule has 1 N–H and O–H groups in total.